The van der Waals surface area contributed by atoms with Crippen LogP contribution < -0.4 is 0 Å². The second-order valence-corrected chi connectivity index (χ2v) is 6.82. The highest BCUT2D eigenvalue weighted by molar-refractivity contribution is 6.05. The van der Waals surface area contributed by atoms with Crippen molar-refractivity contribution >= 4 is 5.78 Å². The molecule has 1 nitrogen and oxygen atoms in total. The minimum Gasteiger partial charge on any atom is -0.293 e. The molecule has 0 saturated carbocycles. The summed E-state index contributed by atoms with van der Waals surface area (Å²) in [4.78, 5) is 13.3. The molecular weight excluding hydrogens is 292 g/mol. The highest BCUT2D eigenvalue weighted by Gasteiger charge is 2.32. The number of carbonyl (C=O) groups is 1. The van der Waals surface area contributed by atoms with E-state index in [1.54, 1.807) is 0 Å². The number of Topliss-reactive ketones (excluding diaryl/α,β-unsaturated/α-hetero) is 1. The van der Waals surface area contributed by atoms with Gasteiger partial charge < -0.3 is 0 Å². The maximum Gasteiger partial charge on any atom is 0.170 e. The first-order valence-electron chi connectivity index (χ1n) is 8.65. The second-order valence-electron chi connectivity index (χ2n) is 6.82. The van der Waals surface area contributed by atoms with E-state index in [1.807, 2.05) is 12.1 Å². The Labute approximate surface area is 142 Å². The number of fused-ring (bicyclic) bond motifs is 4. The molecule has 0 fully saturated rings. The number of carbonyl (C=O) groups excluding carboxylic acids is 1. The van der Waals surface area contributed by atoms with Gasteiger partial charge in [-0.2, -0.15) is 0 Å². The van der Waals surface area contributed by atoms with Gasteiger partial charge in [0.25, 0.3) is 0 Å². The van der Waals surface area contributed by atoms with Crippen molar-refractivity contribution in [3.8, 4) is 11.1 Å². The van der Waals surface area contributed by atoms with E-state index in [0.29, 0.717) is 5.78 Å². The van der Waals surface area contributed by atoms with E-state index in [2.05, 4.69) is 54.6 Å². The first kappa shape index (κ1) is 13.7. The fraction of sp³-hybridized carbons (Fsp3) is 0.174. The summed E-state index contributed by atoms with van der Waals surface area (Å²) in [7, 11) is 0. The van der Waals surface area contributed by atoms with Crippen LogP contribution in [0.25, 0.3) is 11.1 Å². The summed E-state index contributed by atoms with van der Waals surface area (Å²) in [5, 5.41) is 0. The normalized spacial score (nSPS) is 17.2. The van der Waals surface area contributed by atoms with Gasteiger partial charge in [0, 0.05) is 11.5 Å². The Bertz CT molecular complexity index is 967. The van der Waals surface area contributed by atoms with Crippen LogP contribution in [0.15, 0.2) is 66.7 Å². The Balaban J connectivity index is 1.59. The summed E-state index contributed by atoms with van der Waals surface area (Å²) in [6.07, 6.45) is 2.83. The first-order valence-corrected chi connectivity index (χ1v) is 8.65. The van der Waals surface area contributed by atoms with Gasteiger partial charge in [-0.25, -0.2) is 0 Å². The average molecular weight is 310 g/mol. The lowest BCUT2D eigenvalue weighted by Gasteiger charge is -2.14. The Morgan fingerprint density at radius 3 is 2.46 bits per heavy atom. The maximum atomic E-state index is 13.3. The van der Waals surface area contributed by atoms with Crippen molar-refractivity contribution in [2.75, 3.05) is 0 Å². The standard InChI is InChI=1S/C23H18O/c24-23(21-13-12-15-6-1-3-8-17(15)21)20-11-5-10-19-18-9-4-2-7-16(18)14-22(19)20/h1-11,21H,12-14H2. The highest BCUT2D eigenvalue weighted by atomic mass is 16.1. The summed E-state index contributed by atoms with van der Waals surface area (Å²) in [6, 6.07) is 23.1. The molecule has 3 aromatic carbocycles. The number of hydrogen-bond acceptors (Lipinski definition) is 1. The zero-order chi connectivity index (χ0) is 16.1. The predicted octanol–water partition coefficient (Wildman–Crippen LogP) is 5.17. The van der Waals surface area contributed by atoms with E-state index in [1.165, 1.54) is 33.4 Å². The molecule has 24 heavy (non-hydrogen) atoms. The minimum atomic E-state index is 0.0245. The van der Waals surface area contributed by atoms with Crippen molar-refractivity contribution in [3.63, 3.8) is 0 Å². The van der Waals surface area contributed by atoms with E-state index in [-0.39, 0.29) is 5.92 Å². The van der Waals surface area contributed by atoms with Crippen LogP contribution in [0, 0.1) is 0 Å². The lowest BCUT2D eigenvalue weighted by molar-refractivity contribution is 0.0959. The fourth-order valence-electron chi connectivity index (χ4n) is 4.41. The lowest BCUT2D eigenvalue weighted by atomic mass is 9.88. The van der Waals surface area contributed by atoms with Crippen LogP contribution in [0.1, 0.15) is 45.0 Å². The SMILES string of the molecule is O=C(c1cccc2c1Cc1ccccc1-2)C1CCc2ccccc21. The molecule has 0 aliphatic heterocycles. The molecule has 0 amide bonds. The van der Waals surface area contributed by atoms with E-state index in [0.717, 1.165) is 24.8 Å². The summed E-state index contributed by atoms with van der Waals surface area (Å²) in [5.41, 5.74) is 8.57. The van der Waals surface area contributed by atoms with E-state index in [9.17, 15) is 4.79 Å². The zero-order valence-corrected chi connectivity index (χ0v) is 13.5. The van der Waals surface area contributed by atoms with Gasteiger partial charge in [0.05, 0.1) is 0 Å². The fourth-order valence-corrected chi connectivity index (χ4v) is 4.41. The van der Waals surface area contributed by atoms with Crippen LogP contribution in [0.4, 0.5) is 0 Å². The van der Waals surface area contributed by atoms with Crippen molar-refractivity contribution in [1.82, 2.24) is 0 Å². The van der Waals surface area contributed by atoms with Gasteiger partial charge in [-0.05, 0) is 52.6 Å². The smallest absolute Gasteiger partial charge is 0.170 e. The molecule has 2 aliphatic rings. The first-order chi connectivity index (χ1) is 11.8. The van der Waals surface area contributed by atoms with E-state index in [4.69, 9.17) is 0 Å². The van der Waals surface area contributed by atoms with E-state index < -0.39 is 0 Å². The number of aryl methyl sites for hydroxylation is 1. The number of rotatable bonds is 2. The van der Waals surface area contributed by atoms with Crippen molar-refractivity contribution in [2.45, 2.75) is 25.2 Å². The van der Waals surface area contributed by atoms with Crippen LogP contribution in [0.2, 0.25) is 0 Å². The average Bonchev–Trinajstić information content (AvgIpc) is 3.22. The number of hydrogen-bond donors (Lipinski definition) is 0. The molecule has 0 aromatic heterocycles. The van der Waals surface area contributed by atoms with Gasteiger partial charge in [-0.15, -0.1) is 0 Å². The molecule has 0 spiro atoms. The molecule has 5 rings (SSSR count). The quantitative estimate of drug-likeness (QED) is 0.467. The predicted molar refractivity (Wildman–Crippen MR) is 96.5 cm³/mol. The van der Waals surface area contributed by atoms with Crippen molar-refractivity contribution < 1.29 is 4.79 Å². The topological polar surface area (TPSA) is 17.1 Å². The third-order valence-electron chi connectivity index (χ3n) is 5.57. The molecule has 3 aromatic rings. The van der Waals surface area contributed by atoms with Gasteiger partial charge in [0.2, 0.25) is 0 Å². The molecule has 1 atom stereocenters. The Morgan fingerprint density at radius 2 is 1.54 bits per heavy atom. The molecule has 0 radical (unpaired) electrons. The minimum absolute atomic E-state index is 0.0245. The highest BCUT2D eigenvalue weighted by Crippen LogP contribution is 2.41. The molecule has 0 bridgehead atoms. The largest absolute Gasteiger partial charge is 0.293 e. The molecule has 1 unspecified atom stereocenters. The molecule has 116 valence electrons. The van der Waals surface area contributed by atoms with Gasteiger partial charge in [-0.3, -0.25) is 4.79 Å². The van der Waals surface area contributed by atoms with Crippen LogP contribution >= 0.6 is 0 Å². The number of benzene rings is 3. The Hall–Kier alpha value is -2.67. The third kappa shape index (κ3) is 1.91. The summed E-state index contributed by atoms with van der Waals surface area (Å²) < 4.78 is 0. The zero-order valence-electron chi connectivity index (χ0n) is 13.5. The monoisotopic (exact) mass is 310 g/mol. The molecule has 0 N–H and O–H groups in total. The lowest BCUT2D eigenvalue weighted by Crippen LogP contribution is -2.12. The van der Waals surface area contributed by atoms with Crippen LogP contribution in [-0.2, 0) is 12.8 Å². The summed E-state index contributed by atoms with van der Waals surface area (Å²) >= 11 is 0. The van der Waals surface area contributed by atoms with Crippen molar-refractivity contribution in [3.05, 3.63) is 94.5 Å². The van der Waals surface area contributed by atoms with Gasteiger partial charge >= 0.3 is 0 Å². The molecule has 2 aliphatic carbocycles. The molecule has 0 heterocycles. The van der Waals surface area contributed by atoms with Gasteiger partial charge in [0.1, 0.15) is 0 Å². The van der Waals surface area contributed by atoms with E-state index >= 15 is 0 Å². The van der Waals surface area contributed by atoms with Gasteiger partial charge in [0.15, 0.2) is 5.78 Å². The second kappa shape index (κ2) is 5.17. The number of ketones is 1. The maximum absolute atomic E-state index is 13.3. The van der Waals surface area contributed by atoms with Crippen molar-refractivity contribution in [1.29, 1.82) is 0 Å². The summed E-state index contributed by atoms with van der Waals surface area (Å²) in [6.45, 7) is 0. The molecule has 0 saturated heterocycles. The van der Waals surface area contributed by atoms with Crippen LogP contribution in [-0.4, -0.2) is 5.78 Å². The van der Waals surface area contributed by atoms with Crippen LogP contribution in [0.5, 0.6) is 0 Å². The molecule has 1 heteroatoms. The molecular formula is C23H18O. The third-order valence-corrected chi connectivity index (χ3v) is 5.57. The Kier molecular flexibility index (Phi) is 2.96. The summed E-state index contributed by atoms with van der Waals surface area (Å²) in [5.74, 6) is 0.320. The van der Waals surface area contributed by atoms with Gasteiger partial charge in [-0.1, -0.05) is 66.7 Å². The van der Waals surface area contributed by atoms with Crippen LogP contribution in [0.3, 0.4) is 0 Å². The van der Waals surface area contributed by atoms with Crippen molar-refractivity contribution in [2.24, 2.45) is 0 Å². The Morgan fingerprint density at radius 1 is 0.792 bits per heavy atom.